The maximum atomic E-state index is 12.5. The Kier molecular flexibility index (Phi) is 4.10. The number of H-pyrrole nitrogens is 1. The molecule has 2 heterocycles. The Morgan fingerprint density at radius 3 is 3.00 bits per heavy atom. The zero-order chi connectivity index (χ0) is 18.1. The molecule has 1 aromatic heterocycles. The normalized spacial score (nSPS) is 12.1. The first-order valence-corrected chi connectivity index (χ1v) is 8.00. The molecule has 0 saturated heterocycles. The summed E-state index contributed by atoms with van der Waals surface area (Å²) in [5.41, 5.74) is 1.04. The monoisotopic (exact) mass is 372 g/mol. The van der Waals surface area contributed by atoms with Crippen molar-refractivity contribution in [3.05, 3.63) is 47.0 Å². The van der Waals surface area contributed by atoms with Gasteiger partial charge < -0.3 is 14.2 Å². The summed E-state index contributed by atoms with van der Waals surface area (Å²) in [6.45, 7) is 0.0727. The first-order chi connectivity index (χ1) is 12.7. The van der Waals surface area contributed by atoms with Gasteiger partial charge in [0.25, 0.3) is 5.91 Å². The lowest BCUT2D eigenvalue weighted by Crippen LogP contribution is -2.13. The van der Waals surface area contributed by atoms with Gasteiger partial charge in [0.15, 0.2) is 17.3 Å². The van der Waals surface area contributed by atoms with Crippen LogP contribution in [0.2, 0.25) is 5.02 Å². The average molecular weight is 373 g/mol. The van der Waals surface area contributed by atoms with Crippen LogP contribution in [0.5, 0.6) is 17.2 Å². The average Bonchev–Trinajstić information content (AvgIpc) is 3.31. The van der Waals surface area contributed by atoms with Gasteiger partial charge in [0.05, 0.1) is 17.7 Å². The van der Waals surface area contributed by atoms with E-state index in [1.54, 1.807) is 13.2 Å². The smallest absolute Gasteiger partial charge is 0.258 e. The second-order valence-corrected chi connectivity index (χ2v) is 5.76. The molecule has 1 aliphatic rings. The third kappa shape index (κ3) is 2.91. The van der Waals surface area contributed by atoms with E-state index in [-0.39, 0.29) is 12.7 Å². The molecule has 0 aliphatic carbocycles. The van der Waals surface area contributed by atoms with E-state index in [2.05, 4.69) is 20.5 Å². The highest BCUT2D eigenvalue weighted by molar-refractivity contribution is 6.32. The number of aromatic nitrogens is 3. The van der Waals surface area contributed by atoms with Crippen LogP contribution in [0.4, 0.5) is 5.95 Å². The fraction of sp³-hybridized carbons (Fsp3) is 0.118. The predicted molar refractivity (Wildman–Crippen MR) is 93.9 cm³/mol. The van der Waals surface area contributed by atoms with E-state index >= 15 is 0 Å². The van der Waals surface area contributed by atoms with Crippen molar-refractivity contribution >= 4 is 23.5 Å². The van der Waals surface area contributed by atoms with Crippen molar-refractivity contribution in [3.63, 3.8) is 0 Å². The van der Waals surface area contributed by atoms with Gasteiger partial charge >= 0.3 is 0 Å². The summed E-state index contributed by atoms with van der Waals surface area (Å²) in [4.78, 5) is 16.7. The largest absolute Gasteiger partial charge is 0.496 e. The van der Waals surface area contributed by atoms with Crippen LogP contribution in [0.25, 0.3) is 11.4 Å². The number of methoxy groups -OCH3 is 1. The van der Waals surface area contributed by atoms with E-state index in [0.29, 0.717) is 33.7 Å². The van der Waals surface area contributed by atoms with Crippen molar-refractivity contribution in [2.75, 3.05) is 19.2 Å². The SMILES string of the molecule is COc1ccccc1-c1nc(NC(=O)c2cc(Cl)c3c(c2)OCO3)n[nH]1. The topological polar surface area (TPSA) is 98.4 Å². The number of amides is 1. The van der Waals surface area contributed by atoms with Crippen molar-refractivity contribution in [3.8, 4) is 28.6 Å². The fourth-order valence-electron chi connectivity index (χ4n) is 2.55. The van der Waals surface area contributed by atoms with E-state index in [1.165, 1.54) is 6.07 Å². The summed E-state index contributed by atoms with van der Waals surface area (Å²) in [6, 6.07) is 10.4. The molecule has 2 aromatic carbocycles. The van der Waals surface area contributed by atoms with Crippen LogP contribution in [-0.4, -0.2) is 35.0 Å². The lowest BCUT2D eigenvalue weighted by molar-refractivity contribution is 0.102. The maximum absolute atomic E-state index is 12.5. The number of anilines is 1. The summed E-state index contributed by atoms with van der Waals surface area (Å²) in [6.07, 6.45) is 0. The summed E-state index contributed by atoms with van der Waals surface area (Å²) in [5.74, 6) is 1.68. The quantitative estimate of drug-likeness (QED) is 0.730. The molecule has 8 nitrogen and oxygen atoms in total. The molecule has 1 amide bonds. The number of aromatic amines is 1. The van der Waals surface area contributed by atoms with E-state index < -0.39 is 5.91 Å². The number of ether oxygens (including phenoxy) is 3. The zero-order valence-electron chi connectivity index (χ0n) is 13.6. The molecule has 0 saturated carbocycles. The molecule has 4 rings (SSSR count). The van der Waals surface area contributed by atoms with Gasteiger partial charge in [-0.2, -0.15) is 4.98 Å². The second kappa shape index (κ2) is 6.57. The number of fused-ring (bicyclic) bond motifs is 1. The lowest BCUT2D eigenvalue weighted by Gasteiger charge is -2.05. The highest BCUT2D eigenvalue weighted by Gasteiger charge is 2.21. The Bertz CT molecular complexity index is 989. The standard InChI is InChI=1S/C17H13ClN4O4/c1-24-12-5-3-2-4-10(12)15-19-17(22-21-15)20-16(23)9-6-11(18)14-13(7-9)25-8-26-14/h2-7H,8H2,1H3,(H2,19,20,21,22,23). The Morgan fingerprint density at radius 1 is 1.31 bits per heavy atom. The molecule has 0 bridgehead atoms. The van der Waals surface area contributed by atoms with Gasteiger partial charge in [-0.05, 0) is 24.3 Å². The molecule has 132 valence electrons. The molecule has 0 atom stereocenters. The number of halogens is 1. The second-order valence-electron chi connectivity index (χ2n) is 5.35. The first kappa shape index (κ1) is 16.2. The third-order valence-electron chi connectivity index (χ3n) is 3.76. The zero-order valence-corrected chi connectivity index (χ0v) is 14.3. The minimum Gasteiger partial charge on any atom is -0.496 e. The van der Waals surface area contributed by atoms with E-state index in [1.807, 2.05) is 24.3 Å². The van der Waals surface area contributed by atoms with Crippen LogP contribution >= 0.6 is 11.6 Å². The third-order valence-corrected chi connectivity index (χ3v) is 4.04. The number of nitrogens with zero attached hydrogens (tertiary/aromatic N) is 2. The van der Waals surface area contributed by atoms with Gasteiger partial charge in [-0.15, -0.1) is 5.10 Å². The molecule has 2 N–H and O–H groups in total. The molecule has 0 spiro atoms. The minimum absolute atomic E-state index is 0.0727. The predicted octanol–water partition coefficient (Wildman–Crippen LogP) is 3.11. The van der Waals surface area contributed by atoms with Crippen LogP contribution in [0.15, 0.2) is 36.4 Å². The Hall–Kier alpha value is -3.26. The summed E-state index contributed by atoms with van der Waals surface area (Å²) in [7, 11) is 1.57. The summed E-state index contributed by atoms with van der Waals surface area (Å²) >= 11 is 6.10. The molecule has 3 aromatic rings. The number of hydrogen-bond acceptors (Lipinski definition) is 6. The first-order valence-electron chi connectivity index (χ1n) is 7.62. The van der Waals surface area contributed by atoms with Crippen LogP contribution in [0.1, 0.15) is 10.4 Å². The molecule has 9 heteroatoms. The lowest BCUT2D eigenvalue weighted by atomic mass is 10.2. The molecule has 26 heavy (non-hydrogen) atoms. The molecule has 0 unspecified atom stereocenters. The molecule has 0 fully saturated rings. The van der Waals surface area contributed by atoms with Gasteiger partial charge in [-0.3, -0.25) is 15.2 Å². The number of carbonyl (C=O) groups is 1. The van der Waals surface area contributed by atoms with Crippen LogP contribution < -0.4 is 19.5 Å². The molecule has 0 radical (unpaired) electrons. The van der Waals surface area contributed by atoms with Gasteiger partial charge in [-0.25, -0.2) is 0 Å². The van der Waals surface area contributed by atoms with Gasteiger partial charge in [-0.1, -0.05) is 23.7 Å². The van der Waals surface area contributed by atoms with Gasteiger partial charge in [0.1, 0.15) is 5.75 Å². The minimum atomic E-state index is -0.421. The Balaban J connectivity index is 1.56. The van der Waals surface area contributed by atoms with Crippen molar-refractivity contribution in [2.45, 2.75) is 0 Å². The number of rotatable bonds is 4. The van der Waals surface area contributed by atoms with Crippen molar-refractivity contribution < 1.29 is 19.0 Å². The van der Waals surface area contributed by atoms with Crippen molar-refractivity contribution in [1.29, 1.82) is 0 Å². The summed E-state index contributed by atoms with van der Waals surface area (Å²) in [5, 5.41) is 9.71. The van der Waals surface area contributed by atoms with Gasteiger partial charge in [0, 0.05) is 5.56 Å². The molecule has 1 aliphatic heterocycles. The Morgan fingerprint density at radius 2 is 2.15 bits per heavy atom. The van der Waals surface area contributed by atoms with E-state index in [9.17, 15) is 4.79 Å². The number of benzene rings is 2. The Labute approximate surface area is 153 Å². The molecular formula is C17H13ClN4O4. The highest BCUT2D eigenvalue weighted by atomic mass is 35.5. The van der Waals surface area contributed by atoms with E-state index in [4.69, 9.17) is 25.8 Å². The number of nitrogens with one attached hydrogen (secondary N) is 2. The van der Waals surface area contributed by atoms with Crippen molar-refractivity contribution in [2.24, 2.45) is 0 Å². The van der Waals surface area contributed by atoms with Gasteiger partial charge in [0.2, 0.25) is 12.7 Å². The maximum Gasteiger partial charge on any atom is 0.258 e. The summed E-state index contributed by atoms with van der Waals surface area (Å²) < 4.78 is 15.8. The number of carbonyl (C=O) groups excluding carboxylic acids is 1. The number of para-hydroxylation sites is 1. The highest BCUT2D eigenvalue weighted by Crippen LogP contribution is 2.39. The van der Waals surface area contributed by atoms with E-state index in [0.717, 1.165) is 5.56 Å². The van der Waals surface area contributed by atoms with Crippen LogP contribution in [0.3, 0.4) is 0 Å². The number of hydrogen-bond donors (Lipinski definition) is 2. The fourth-order valence-corrected chi connectivity index (χ4v) is 2.82. The van der Waals surface area contributed by atoms with Crippen LogP contribution in [0, 0.1) is 0 Å². The van der Waals surface area contributed by atoms with Crippen LogP contribution in [-0.2, 0) is 0 Å². The molecular weight excluding hydrogens is 360 g/mol. The van der Waals surface area contributed by atoms with Crippen molar-refractivity contribution in [1.82, 2.24) is 15.2 Å².